The molecule has 4 atom stereocenters. The largest absolute Gasteiger partial charge is 0.490 e. The number of benzene rings is 1. The minimum absolute atomic E-state index is 0.0165. The predicted molar refractivity (Wildman–Crippen MR) is 146 cm³/mol. The van der Waals surface area contributed by atoms with E-state index in [-0.39, 0.29) is 46.1 Å². The summed E-state index contributed by atoms with van der Waals surface area (Å²) in [5, 5.41) is 14.8. The molecule has 9 nitrogen and oxygen atoms in total. The molecule has 2 aromatic rings. The first-order valence-electron chi connectivity index (χ1n) is 12.7. The molecule has 2 heterocycles. The Labute approximate surface area is 224 Å². The van der Waals surface area contributed by atoms with E-state index in [0.717, 1.165) is 30.6 Å². The Morgan fingerprint density at radius 2 is 2.03 bits per heavy atom. The van der Waals surface area contributed by atoms with E-state index in [9.17, 15) is 18.3 Å². The molecule has 0 fully saturated rings. The Kier molecular flexibility index (Phi) is 10.8. The number of aliphatic hydroxyl groups excluding tert-OH is 1. The van der Waals surface area contributed by atoms with E-state index in [1.165, 1.54) is 12.1 Å². The maximum atomic E-state index is 14.0. The first-order chi connectivity index (χ1) is 17.7. The number of carbonyl (C=O) groups is 1. The van der Waals surface area contributed by atoms with Crippen LogP contribution in [0.3, 0.4) is 0 Å². The quantitative estimate of drug-likeness (QED) is 0.480. The van der Waals surface area contributed by atoms with Gasteiger partial charge in [0.1, 0.15) is 9.96 Å². The van der Waals surface area contributed by atoms with Crippen LogP contribution in [0.25, 0.3) is 0 Å². The number of hydrogen-bond acceptors (Lipinski definition) is 8. The summed E-state index contributed by atoms with van der Waals surface area (Å²) < 4.78 is 40.8. The summed E-state index contributed by atoms with van der Waals surface area (Å²) in [6.45, 7) is 7.17. The van der Waals surface area contributed by atoms with Crippen LogP contribution in [0.4, 0.5) is 5.69 Å². The Balaban J connectivity index is 2.01. The van der Waals surface area contributed by atoms with Crippen molar-refractivity contribution >= 4 is 33.0 Å². The van der Waals surface area contributed by atoms with Crippen molar-refractivity contribution in [1.82, 2.24) is 10.2 Å². The third kappa shape index (κ3) is 7.90. The van der Waals surface area contributed by atoms with Crippen LogP contribution in [0, 0.1) is 5.92 Å². The molecule has 1 amide bonds. The highest BCUT2D eigenvalue weighted by atomic mass is 32.2. The highest BCUT2D eigenvalue weighted by molar-refractivity contribution is 7.94. The van der Waals surface area contributed by atoms with Crippen molar-refractivity contribution in [3.63, 3.8) is 0 Å². The van der Waals surface area contributed by atoms with Crippen LogP contribution in [0.15, 0.2) is 39.9 Å². The lowest BCUT2D eigenvalue weighted by atomic mass is 10.0. The maximum absolute atomic E-state index is 14.0. The number of nitrogens with one attached hydrogen (secondary N) is 2. The Morgan fingerprint density at radius 3 is 2.70 bits per heavy atom. The highest BCUT2D eigenvalue weighted by Crippen LogP contribution is 2.30. The molecule has 0 unspecified atom stereocenters. The lowest BCUT2D eigenvalue weighted by Crippen LogP contribution is -2.47. The van der Waals surface area contributed by atoms with Crippen LogP contribution in [-0.4, -0.2) is 75.9 Å². The third-order valence-electron chi connectivity index (χ3n) is 6.47. The van der Waals surface area contributed by atoms with Crippen molar-refractivity contribution in [3.05, 3.63) is 41.3 Å². The molecular formula is C26H39N3O6S2. The first-order valence-corrected chi connectivity index (χ1v) is 15.1. The van der Waals surface area contributed by atoms with Crippen molar-refractivity contribution in [2.24, 2.45) is 5.92 Å². The number of likely N-dealkylation sites (N-methyl/N-ethyl adjacent to an activating group) is 1. The summed E-state index contributed by atoms with van der Waals surface area (Å²) in [5.74, 6) is 0.0321. The fourth-order valence-electron chi connectivity index (χ4n) is 4.30. The zero-order chi connectivity index (χ0) is 27.0. The Hall–Kier alpha value is -2.18. The molecule has 1 aromatic carbocycles. The zero-order valence-corrected chi connectivity index (χ0v) is 23.6. The highest BCUT2D eigenvalue weighted by Gasteiger charge is 2.30. The summed E-state index contributed by atoms with van der Waals surface area (Å²) in [7, 11) is -1.92. The van der Waals surface area contributed by atoms with Gasteiger partial charge in [-0.1, -0.05) is 13.0 Å². The van der Waals surface area contributed by atoms with Crippen LogP contribution in [0.1, 0.15) is 50.4 Å². The molecule has 3 N–H and O–H groups in total. The molecule has 1 aliphatic rings. The van der Waals surface area contributed by atoms with Crippen molar-refractivity contribution in [2.75, 3.05) is 38.1 Å². The van der Waals surface area contributed by atoms with E-state index in [2.05, 4.69) is 10.0 Å². The molecule has 0 saturated carbocycles. The molecule has 0 saturated heterocycles. The molecular weight excluding hydrogens is 514 g/mol. The van der Waals surface area contributed by atoms with E-state index < -0.39 is 16.1 Å². The smallest absolute Gasteiger partial charge is 0.271 e. The fourth-order valence-corrected chi connectivity index (χ4v) is 6.34. The normalized spacial score (nSPS) is 23.0. The second kappa shape index (κ2) is 13.6. The maximum Gasteiger partial charge on any atom is 0.271 e. The molecule has 0 spiro atoms. The SMILES string of the molecule is CNC[C@H]1OCCCC[C@@H](C)Oc2ccc(NS(=O)(=O)c3cccs3)cc2C(=O)N([C@@H](C)CO)C[C@H]1C. The number of hydrogen-bond donors (Lipinski definition) is 3. The topological polar surface area (TPSA) is 117 Å². The van der Waals surface area contributed by atoms with Gasteiger partial charge in [-0.05, 0) is 69.8 Å². The van der Waals surface area contributed by atoms with Gasteiger partial charge in [0, 0.05) is 31.3 Å². The molecule has 11 heteroatoms. The zero-order valence-electron chi connectivity index (χ0n) is 22.0. The lowest BCUT2D eigenvalue weighted by Gasteiger charge is -2.34. The summed E-state index contributed by atoms with van der Waals surface area (Å²) in [6.07, 6.45) is 2.33. The van der Waals surface area contributed by atoms with E-state index in [4.69, 9.17) is 9.47 Å². The van der Waals surface area contributed by atoms with Crippen LogP contribution in [0.5, 0.6) is 5.75 Å². The van der Waals surface area contributed by atoms with Gasteiger partial charge in [-0.3, -0.25) is 9.52 Å². The molecule has 1 aromatic heterocycles. The number of fused-ring (bicyclic) bond motifs is 1. The van der Waals surface area contributed by atoms with Crippen molar-refractivity contribution in [1.29, 1.82) is 0 Å². The molecule has 0 bridgehead atoms. The van der Waals surface area contributed by atoms with Crippen LogP contribution in [-0.2, 0) is 14.8 Å². The predicted octanol–water partition coefficient (Wildman–Crippen LogP) is 3.56. The van der Waals surface area contributed by atoms with Crippen molar-refractivity contribution in [2.45, 2.75) is 62.5 Å². The number of rotatable bonds is 7. The number of nitrogens with zero attached hydrogens (tertiary/aromatic N) is 1. The minimum Gasteiger partial charge on any atom is -0.490 e. The van der Waals surface area contributed by atoms with Gasteiger partial charge in [0.2, 0.25) is 0 Å². The number of carbonyl (C=O) groups excluding carboxylic acids is 1. The van der Waals surface area contributed by atoms with Gasteiger partial charge in [0.05, 0.1) is 30.4 Å². The summed E-state index contributed by atoms with van der Waals surface area (Å²) in [6, 6.07) is 7.49. The van der Waals surface area contributed by atoms with Crippen LogP contribution < -0.4 is 14.8 Å². The molecule has 1 aliphatic heterocycles. The fraction of sp³-hybridized carbons (Fsp3) is 0.577. The Bertz CT molecular complexity index is 1110. The van der Waals surface area contributed by atoms with Crippen molar-refractivity contribution in [3.8, 4) is 5.75 Å². The number of thiophene rings is 1. The van der Waals surface area contributed by atoms with Crippen molar-refractivity contribution < 1.29 is 27.8 Å². The molecule has 37 heavy (non-hydrogen) atoms. The summed E-state index contributed by atoms with van der Waals surface area (Å²) in [5.41, 5.74) is 0.507. The third-order valence-corrected chi connectivity index (χ3v) is 9.25. The molecule has 0 radical (unpaired) electrons. The van der Waals surface area contributed by atoms with E-state index >= 15 is 0 Å². The van der Waals surface area contributed by atoms with Gasteiger partial charge in [0.25, 0.3) is 15.9 Å². The molecule has 0 aliphatic carbocycles. The second-order valence-electron chi connectivity index (χ2n) is 9.61. The number of ether oxygens (including phenoxy) is 2. The van der Waals surface area contributed by atoms with Gasteiger partial charge in [-0.25, -0.2) is 8.42 Å². The van der Waals surface area contributed by atoms with Crippen LogP contribution >= 0.6 is 11.3 Å². The van der Waals surface area contributed by atoms with Crippen LogP contribution in [0.2, 0.25) is 0 Å². The average molecular weight is 554 g/mol. The van der Waals surface area contributed by atoms with E-state index in [1.807, 2.05) is 20.9 Å². The summed E-state index contributed by atoms with van der Waals surface area (Å²) >= 11 is 1.11. The van der Waals surface area contributed by atoms with Gasteiger partial charge in [-0.15, -0.1) is 11.3 Å². The first kappa shape index (κ1) is 29.4. The van der Waals surface area contributed by atoms with Gasteiger partial charge >= 0.3 is 0 Å². The van der Waals surface area contributed by atoms with E-state index in [1.54, 1.807) is 35.4 Å². The Morgan fingerprint density at radius 1 is 1.24 bits per heavy atom. The summed E-state index contributed by atoms with van der Waals surface area (Å²) in [4.78, 5) is 15.6. The standard InChI is InChI=1S/C26H39N3O6S2/c1-18-16-29(19(2)17-30)26(31)22-14-21(28-37(32,33)25-9-7-13-36-25)10-11-23(22)35-20(3)8-5-6-12-34-24(18)15-27-4/h7,9-11,13-14,18-20,24,27-28,30H,5-6,8,12,15-17H2,1-4H3/t18-,19+,20-,24-/m1/s1. The monoisotopic (exact) mass is 553 g/mol. The number of aliphatic hydroxyl groups is 1. The second-order valence-corrected chi connectivity index (χ2v) is 12.5. The van der Waals surface area contributed by atoms with E-state index in [0.29, 0.717) is 25.4 Å². The molecule has 3 rings (SSSR count). The van der Waals surface area contributed by atoms with Gasteiger partial charge in [0.15, 0.2) is 0 Å². The minimum atomic E-state index is -3.79. The number of sulfonamides is 1. The molecule has 206 valence electrons. The average Bonchev–Trinajstić information content (AvgIpc) is 3.42. The van der Waals surface area contributed by atoms with Gasteiger partial charge in [-0.2, -0.15) is 0 Å². The number of anilines is 1. The van der Waals surface area contributed by atoms with Gasteiger partial charge < -0.3 is 24.8 Å². The number of amides is 1. The lowest BCUT2D eigenvalue weighted by molar-refractivity contribution is -0.000450.